The highest BCUT2D eigenvalue weighted by Gasteiger charge is 2.19. The van der Waals surface area contributed by atoms with E-state index in [1.54, 1.807) is 30.3 Å². The second-order valence-corrected chi connectivity index (χ2v) is 8.53. The Hall–Kier alpha value is -2.29. The van der Waals surface area contributed by atoms with Crippen LogP contribution in [-0.4, -0.2) is 45.8 Å². The maximum absolute atomic E-state index is 12.4. The fourth-order valence-corrected chi connectivity index (χ4v) is 3.45. The first-order chi connectivity index (χ1) is 12.7. The number of carbonyl (C=O) groups excluding carboxylic acids is 1. The van der Waals surface area contributed by atoms with Crippen molar-refractivity contribution in [2.24, 2.45) is 0 Å². The summed E-state index contributed by atoms with van der Waals surface area (Å²) in [6, 6.07) is 11.6. The Kier molecular flexibility index (Phi) is 7.06. The lowest BCUT2D eigenvalue weighted by atomic mass is 10.2. The summed E-state index contributed by atoms with van der Waals surface area (Å²) in [6.45, 7) is 2.56. The van der Waals surface area contributed by atoms with E-state index in [1.807, 2.05) is 6.92 Å². The Morgan fingerprint density at radius 3 is 2.44 bits per heavy atom. The smallest absolute Gasteiger partial charge is 0.243 e. The Bertz CT molecular complexity index is 917. The standard InChI is InChI=1S/C18H23ClN4O3S/c1-4-20-16-9-8-15(27(25,26)23(2)3)11-17(16)21-12-18(24)22-14-7-5-6-13(19)10-14/h5-11,20-21H,4,12H2,1-3H3,(H,22,24). The van der Waals surface area contributed by atoms with Crippen molar-refractivity contribution in [3.05, 3.63) is 47.5 Å². The lowest BCUT2D eigenvalue weighted by Crippen LogP contribution is -2.24. The average molecular weight is 411 g/mol. The summed E-state index contributed by atoms with van der Waals surface area (Å²) in [5.74, 6) is -0.277. The van der Waals surface area contributed by atoms with E-state index in [-0.39, 0.29) is 17.3 Å². The summed E-state index contributed by atoms with van der Waals surface area (Å²) < 4.78 is 25.8. The van der Waals surface area contributed by atoms with Crippen molar-refractivity contribution in [3.8, 4) is 0 Å². The van der Waals surface area contributed by atoms with Gasteiger partial charge in [-0.3, -0.25) is 4.79 Å². The summed E-state index contributed by atoms with van der Waals surface area (Å²) in [6.07, 6.45) is 0. The molecule has 0 aliphatic rings. The SMILES string of the molecule is CCNc1ccc(S(=O)(=O)N(C)C)cc1NCC(=O)Nc1cccc(Cl)c1. The number of sulfonamides is 1. The minimum Gasteiger partial charge on any atom is -0.384 e. The zero-order valence-corrected chi connectivity index (χ0v) is 17.0. The fraction of sp³-hybridized carbons (Fsp3) is 0.278. The number of hydrogen-bond donors (Lipinski definition) is 3. The van der Waals surface area contributed by atoms with E-state index < -0.39 is 10.0 Å². The van der Waals surface area contributed by atoms with E-state index in [9.17, 15) is 13.2 Å². The van der Waals surface area contributed by atoms with Gasteiger partial charge in [0, 0.05) is 31.4 Å². The molecule has 9 heteroatoms. The van der Waals surface area contributed by atoms with Crippen LogP contribution in [0.5, 0.6) is 0 Å². The van der Waals surface area contributed by atoms with Gasteiger partial charge in [0.25, 0.3) is 0 Å². The van der Waals surface area contributed by atoms with Crippen molar-refractivity contribution in [1.82, 2.24) is 4.31 Å². The number of carbonyl (C=O) groups is 1. The van der Waals surface area contributed by atoms with Crippen molar-refractivity contribution in [2.75, 3.05) is 43.1 Å². The molecule has 0 heterocycles. The van der Waals surface area contributed by atoms with E-state index in [1.165, 1.54) is 26.2 Å². The van der Waals surface area contributed by atoms with Crippen molar-refractivity contribution in [2.45, 2.75) is 11.8 Å². The summed E-state index contributed by atoms with van der Waals surface area (Å²) in [7, 11) is -0.630. The van der Waals surface area contributed by atoms with Crippen LogP contribution in [0.15, 0.2) is 47.4 Å². The van der Waals surface area contributed by atoms with Gasteiger partial charge in [0.15, 0.2) is 0 Å². The van der Waals surface area contributed by atoms with Gasteiger partial charge >= 0.3 is 0 Å². The zero-order chi connectivity index (χ0) is 20.0. The molecule has 0 aliphatic heterocycles. The molecule has 0 saturated heterocycles. The van der Waals surface area contributed by atoms with Crippen LogP contribution in [-0.2, 0) is 14.8 Å². The lowest BCUT2D eigenvalue weighted by molar-refractivity contribution is -0.114. The first-order valence-corrected chi connectivity index (χ1v) is 10.2. The number of halogens is 1. The molecule has 0 bridgehead atoms. The van der Waals surface area contributed by atoms with Crippen molar-refractivity contribution in [3.63, 3.8) is 0 Å². The predicted molar refractivity (Wildman–Crippen MR) is 110 cm³/mol. The molecule has 146 valence electrons. The van der Waals surface area contributed by atoms with Crippen LogP contribution in [0.2, 0.25) is 5.02 Å². The second kappa shape index (κ2) is 9.07. The van der Waals surface area contributed by atoms with Crippen LogP contribution < -0.4 is 16.0 Å². The van der Waals surface area contributed by atoms with Gasteiger partial charge in [0.2, 0.25) is 15.9 Å². The third kappa shape index (κ3) is 5.59. The molecule has 0 atom stereocenters. The number of rotatable bonds is 8. The molecule has 0 aliphatic carbocycles. The molecular formula is C18H23ClN4O3S. The van der Waals surface area contributed by atoms with E-state index in [0.29, 0.717) is 28.6 Å². The van der Waals surface area contributed by atoms with Crippen LogP contribution in [0.1, 0.15) is 6.92 Å². The van der Waals surface area contributed by atoms with E-state index in [2.05, 4.69) is 16.0 Å². The molecule has 0 spiro atoms. The molecule has 0 fully saturated rings. The maximum atomic E-state index is 12.4. The van der Waals surface area contributed by atoms with Crippen LogP contribution >= 0.6 is 11.6 Å². The molecule has 0 saturated carbocycles. The summed E-state index contributed by atoms with van der Waals surface area (Å²) >= 11 is 5.91. The highest BCUT2D eigenvalue weighted by Crippen LogP contribution is 2.26. The molecule has 2 aromatic carbocycles. The molecule has 1 amide bonds. The summed E-state index contributed by atoms with van der Waals surface area (Å²) in [5, 5.41) is 9.40. The molecular weight excluding hydrogens is 388 g/mol. The van der Waals surface area contributed by atoms with E-state index in [0.717, 1.165) is 4.31 Å². The molecule has 7 nitrogen and oxygen atoms in total. The molecule has 27 heavy (non-hydrogen) atoms. The van der Waals surface area contributed by atoms with Gasteiger partial charge in [-0.1, -0.05) is 17.7 Å². The van der Waals surface area contributed by atoms with Crippen molar-refractivity contribution >= 4 is 44.6 Å². The molecule has 0 unspecified atom stereocenters. The zero-order valence-electron chi connectivity index (χ0n) is 15.4. The summed E-state index contributed by atoms with van der Waals surface area (Å²) in [4.78, 5) is 12.3. The van der Waals surface area contributed by atoms with Gasteiger partial charge in [0.05, 0.1) is 22.8 Å². The largest absolute Gasteiger partial charge is 0.384 e. The van der Waals surface area contributed by atoms with Gasteiger partial charge in [-0.25, -0.2) is 12.7 Å². The Morgan fingerprint density at radius 2 is 1.81 bits per heavy atom. The minimum absolute atomic E-state index is 0.0314. The average Bonchev–Trinajstić information content (AvgIpc) is 2.60. The molecule has 0 radical (unpaired) electrons. The van der Waals surface area contributed by atoms with Crippen molar-refractivity contribution in [1.29, 1.82) is 0 Å². The van der Waals surface area contributed by atoms with Gasteiger partial charge in [0.1, 0.15) is 0 Å². The van der Waals surface area contributed by atoms with E-state index >= 15 is 0 Å². The van der Waals surface area contributed by atoms with Crippen LogP contribution in [0, 0.1) is 0 Å². The lowest BCUT2D eigenvalue weighted by Gasteiger charge is -2.17. The Morgan fingerprint density at radius 1 is 1.07 bits per heavy atom. The first kappa shape index (κ1) is 21.0. The maximum Gasteiger partial charge on any atom is 0.243 e. The predicted octanol–water partition coefficient (Wildman–Crippen LogP) is 3.07. The van der Waals surface area contributed by atoms with E-state index in [4.69, 9.17) is 11.6 Å². The number of hydrogen-bond acceptors (Lipinski definition) is 5. The van der Waals surface area contributed by atoms with Crippen molar-refractivity contribution < 1.29 is 13.2 Å². The second-order valence-electron chi connectivity index (χ2n) is 5.94. The van der Waals surface area contributed by atoms with Crippen LogP contribution in [0.25, 0.3) is 0 Å². The third-order valence-electron chi connectivity index (χ3n) is 3.68. The Balaban J connectivity index is 2.16. The highest BCUT2D eigenvalue weighted by molar-refractivity contribution is 7.89. The fourth-order valence-electron chi connectivity index (χ4n) is 2.33. The van der Waals surface area contributed by atoms with Crippen LogP contribution in [0.4, 0.5) is 17.1 Å². The minimum atomic E-state index is -3.57. The van der Waals surface area contributed by atoms with Gasteiger partial charge in [-0.15, -0.1) is 0 Å². The number of nitrogens with zero attached hydrogens (tertiary/aromatic N) is 1. The van der Waals surface area contributed by atoms with Gasteiger partial charge in [-0.05, 0) is 43.3 Å². The van der Waals surface area contributed by atoms with Gasteiger partial charge in [-0.2, -0.15) is 0 Å². The normalized spacial score (nSPS) is 11.3. The highest BCUT2D eigenvalue weighted by atomic mass is 35.5. The van der Waals surface area contributed by atoms with Gasteiger partial charge < -0.3 is 16.0 Å². The number of nitrogens with one attached hydrogen (secondary N) is 3. The molecule has 3 N–H and O–H groups in total. The first-order valence-electron chi connectivity index (χ1n) is 8.33. The molecule has 2 aromatic rings. The monoisotopic (exact) mass is 410 g/mol. The van der Waals surface area contributed by atoms with Crippen LogP contribution in [0.3, 0.4) is 0 Å². The quantitative estimate of drug-likeness (QED) is 0.622. The summed E-state index contributed by atoms with van der Waals surface area (Å²) in [5.41, 5.74) is 1.83. The topological polar surface area (TPSA) is 90.5 Å². The number of anilines is 3. The Labute approximate surface area is 164 Å². The number of benzene rings is 2. The third-order valence-corrected chi connectivity index (χ3v) is 5.73. The number of amides is 1. The molecule has 2 rings (SSSR count). The molecule has 0 aromatic heterocycles.